The summed E-state index contributed by atoms with van der Waals surface area (Å²) >= 11 is 0. The van der Waals surface area contributed by atoms with Crippen LogP contribution >= 0.6 is 0 Å². The number of fused-ring (bicyclic) bond motifs is 3. The van der Waals surface area contributed by atoms with Gasteiger partial charge in [-0.3, -0.25) is 0 Å². The molecule has 0 radical (unpaired) electrons. The molecule has 0 heteroatoms. The minimum atomic E-state index is 1.26. The van der Waals surface area contributed by atoms with Crippen LogP contribution in [0.4, 0.5) is 0 Å². The average molecular weight is 505 g/mol. The maximum absolute atomic E-state index is 2.41. The highest BCUT2D eigenvalue weighted by molar-refractivity contribution is 6.26. The third-order valence-electron chi connectivity index (χ3n) is 8.75. The van der Waals surface area contributed by atoms with Gasteiger partial charge in [0.15, 0.2) is 0 Å². The van der Waals surface area contributed by atoms with Crippen molar-refractivity contribution in [3.8, 4) is 22.3 Å². The molecule has 0 saturated carbocycles. The predicted octanol–water partition coefficient (Wildman–Crippen LogP) is 11.4. The Morgan fingerprint density at radius 2 is 0.750 bits per heavy atom. The van der Waals surface area contributed by atoms with E-state index in [4.69, 9.17) is 0 Å². The van der Waals surface area contributed by atoms with E-state index in [9.17, 15) is 0 Å². The summed E-state index contributed by atoms with van der Waals surface area (Å²) in [7, 11) is 0. The Bertz CT molecular complexity index is 2360. The molecule has 184 valence electrons. The Balaban J connectivity index is 1.48. The van der Waals surface area contributed by atoms with E-state index >= 15 is 0 Å². The number of hydrogen-bond acceptors (Lipinski definition) is 0. The van der Waals surface area contributed by atoms with Crippen LogP contribution in [0.5, 0.6) is 0 Å². The summed E-state index contributed by atoms with van der Waals surface area (Å²) in [6.45, 7) is 0. The van der Waals surface area contributed by atoms with Crippen LogP contribution in [0, 0.1) is 0 Å². The molecule has 9 aromatic rings. The van der Waals surface area contributed by atoms with Gasteiger partial charge in [0.25, 0.3) is 0 Å². The molecule has 0 fully saturated rings. The number of benzene rings is 9. The zero-order valence-electron chi connectivity index (χ0n) is 21.9. The molecule has 0 aliphatic rings. The predicted molar refractivity (Wildman–Crippen MR) is 174 cm³/mol. The number of rotatable bonds is 2. The molecule has 0 heterocycles. The summed E-state index contributed by atoms with van der Waals surface area (Å²) in [5, 5.41) is 15.5. The van der Waals surface area contributed by atoms with Crippen molar-refractivity contribution in [1.29, 1.82) is 0 Å². The highest BCUT2D eigenvalue weighted by Crippen LogP contribution is 2.46. The summed E-state index contributed by atoms with van der Waals surface area (Å²) < 4.78 is 0. The van der Waals surface area contributed by atoms with Crippen molar-refractivity contribution in [2.75, 3.05) is 0 Å². The van der Waals surface area contributed by atoms with Crippen LogP contribution in [0.2, 0.25) is 0 Å². The molecule has 0 nitrogen and oxygen atoms in total. The van der Waals surface area contributed by atoms with Crippen molar-refractivity contribution in [1.82, 2.24) is 0 Å². The molecule has 9 rings (SSSR count). The summed E-state index contributed by atoms with van der Waals surface area (Å²) in [6.07, 6.45) is 0. The molecular weight excluding hydrogens is 480 g/mol. The third-order valence-corrected chi connectivity index (χ3v) is 8.75. The van der Waals surface area contributed by atoms with Gasteiger partial charge >= 0.3 is 0 Å². The van der Waals surface area contributed by atoms with Crippen LogP contribution in [0.15, 0.2) is 146 Å². The first-order chi connectivity index (χ1) is 19.8. The van der Waals surface area contributed by atoms with Crippen LogP contribution in [0.3, 0.4) is 0 Å². The molecule has 0 unspecified atom stereocenters. The van der Waals surface area contributed by atoms with Gasteiger partial charge in [0, 0.05) is 0 Å². The Kier molecular flexibility index (Phi) is 4.42. The lowest BCUT2D eigenvalue weighted by Gasteiger charge is -2.19. The van der Waals surface area contributed by atoms with Crippen molar-refractivity contribution in [2.45, 2.75) is 0 Å². The van der Waals surface area contributed by atoms with E-state index in [2.05, 4.69) is 146 Å². The van der Waals surface area contributed by atoms with Gasteiger partial charge in [0.2, 0.25) is 0 Å². The minimum Gasteiger partial charge on any atom is -0.0616 e. The first-order valence-electron chi connectivity index (χ1n) is 13.9. The lowest BCUT2D eigenvalue weighted by atomic mass is 9.84. The summed E-state index contributed by atoms with van der Waals surface area (Å²) in [4.78, 5) is 0. The maximum atomic E-state index is 2.41. The molecule has 0 aliphatic heterocycles. The van der Waals surface area contributed by atoms with Gasteiger partial charge in [-0.2, -0.15) is 0 Å². The Labute approximate surface area is 232 Å². The van der Waals surface area contributed by atoms with E-state index in [-0.39, 0.29) is 0 Å². The van der Waals surface area contributed by atoms with Crippen LogP contribution in [0.1, 0.15) is 0 Å². The molecule has 0 N–H and O–H groups in total. The first-order valence-corrected chi connectivity index (χ1v) is 13.9. The second-order valence-electron chi connectivity index (χ2n) is 10.9. The van der Waals surface area contributed by atoms with Crippen molar-refractivity contribution >= 4 is 64.6 Å². The normalized spacial score (nSPS) is 12.0. The second-order valence-corrected chi connectivity index (χ2v) is 10.9. The van der Waals surface area contributed by atoms with Crippen LogP contribution < -0.4 is 0 Å². The van der Waals surface area contributed by atoms with E-state index < -0.39 is 0 Å². The van der Waals surface area contributed by atoms with Gasteiger partial charge in [-0.15, -0.1) is 0 Å². The lowest BCUT2D eigenvalue weighted by molar-refractivity contribution is 1.67. The largest absolute Gasteiger partial charge is 0.0616 e. The molecule has 9 aromatic carbocycles. The average Bonchev–Trinajstić information content (AvgIpc) is 3.02. The Morgan fingerprint density at radius 3 is 1.43 bits per heavy atom. The van der Waals surface area contributed by atoms with Gasteiger partial charge in [-0.05, 0) is 105 Å². The van der Waals surface area contributed by atoms with Crippen LogP contribution in [0.25, 0.3) is 86.9 Å². The van der Waals surface area contributed by atoms with E-state index in [1.807, 2.05) is 0 Å². The quantitative estimate of drug-likeness (QED) is 0.162. The van der Waals surface area contributed by atoms with Crippen LogP contribution in [-0.4, -0.2) is 0 Å². The summed E-state index contributed by atoms with van der Waals surface area (Å²) in [6, 6.07) is 54.0. The number of hydrogen-bond donors (Lipinski definition) is 0. The maximum Gasteiger partial charge on any atom is -0.00204 e. The van der Waals surface area contributed by atoms with Crippen molar-refractivity contribution in [3.05, 3.63) is 146 Å². The molecule has 40 heavy (non-hydrogen) atoms. The molecule has 0 amide bonds. The van der Waals surface area contributed by atoms with Gasteiger partial charge in [0.1, 0.15) is 0 Å². The van der Waals surface area contributed by atoms with Crippen molar-refractivity contribution < 1.29 is 0 Å². The van der Waals surface area contributed by atoms with Gasteiger partial charge in [0.05, 0.1) is 0 Å². The molecule has 0 spiro atoms. The molecule has 0 saturated heterocycles. The second kappa shape index (κ2) is 8.15. The van der Waals surface area contributed by atoms with Crippen molar-refractivity contribution in [2.24, 2.45) is 0 Å². The van der Waals surface area contributed by atoms with Crippen molar-refractivity contribution in [3.63, 3.8) is 0 Å². The Hall–Kier alpha value is -5.20. The van der Waals surface area contributed by atoms with E-state index in [1.54, 1.807) is 0 Å². The Morgan fingerprint density at radius 1 is 0.250 bits per heavy atom. The smallest absolute Gasteiger partial charge is 0.00204 e. The summed E-state index contributed by atoms with van der Waals surface area (Å²) in [5.41, 5.74) is 5.14. The standard InChI is InChI=1S/C40H24/c1-2-9-29-24-37(40-32-14-5-3-10-30(32)22-31-11-4-6-15-33(31)40)36(23-28(29)8-1)34-20-18-27-17-16-25-12-7-13-26-19-21-35(34)39(27)38(25)26/h1-24H. The molecular formula is C40H24. The minimum absolute atomic E-state index is 1.26. The molecule has 0 aromatic heterocycles. The molecule has 0 atom stereocenters. The highest BCUT2D eigenvalue weighted by Gasteiger charge is 2.18. The SMILES string of the molecule is c1ccc2cc(-c3ccc4ccc5cccc6ccc3c4c56)c(-c3c4ccccc4cc4ccccc34)cc2c1. The fourth-order valence-corrected chi connectivity index (χ4v) is 6.94. The van der Waals surface area contributed by atoms with E-state index in [0.29, 0.717) is 0 Å². The highest BCUT2D eigenvalue weighted by atomic mass is 14.2. The first kappa shape index (κ1) is 21.7. The molecule has 0 aliphatic carbocycles. The topological polar surface area (TPSA) is 0 Å². The zero-order valence-corrected chi connectivity index (χ0v) is 21.9. The monoisotopic (exact) mass is 504 g/mol. The van der Waals surface area contributed by atoms with Gasteiger partial charge in [-0.1, -0.05) is 127 Å². The van der Waals surface area contributed by atoms with E-state index in [0.717, 1.165) is 0 Å². The fourth-order valence-electron chi connectivity index (χ4n) is 6.94. The fraction of sp³-hybridized carbons (Fsp3) is 0. The summed E-state index contributed by atoms with van der Waals surface area (Å²) in [5.74, 6) is 0. The lowest BCUT2D eigenvalue weighted by Crippen LogP contribution is -1.92. The zero-order chi connectivity index (χ0) is 26.2. The van der Waals surface area contributed by atoms with Gasteiger partial charge < -0.3 is 0 Å². The molecule has 0 bridgehead atoms. The van der Waals surface area contributed by atoms with Crippen LogP contribution in [-0.2, 0) is 0 Å². The van der Waals surface area contributed by atoms with E-state index in [1.165, 1.54) is 86.9 Å². The van der Waals surface area contributed by atoms with Gasteiger partial charge in [-0.25, -0.2) is 0 Å². The third kappa shape index (κ3) is 3.02.